The lowest BCUT2D eigenvalue weighted by Gasteiger charge is -2.30. The summed E-state index contributed by atoms with van der Waals surface area (Å²) in [6.07, 6.45) is 1.90. The monoisotopic (exact) mass is 275 g/mol. The van der Waals surface area contributed by atoms with Crippen LogP contribution >= 0.6 is 0 Å². The summed E-state index contributed by atoms with van der Waals surface area (Å²) in [6.45, 7) is 3.53. The van der Waals surface area contributed by atoms with Crippen LogP contribution in [0.15, 0.2) is 30.3 Å². The molecule has 1 amide bonds. The molecule has 0 saturated carbocycles. The zero-order valence-corrected chi connectivity index (χ0v) is 12.5. The molecular formula is C16H25N3O. The largest absolute Gasteiger partial charge is 0.317 e. The average Bonchev–Trinajstić information content (AvgIpc) is 2.49. The minimum Gasteiger partial charge on any atom is -0.317 e. The molecule has 0 bridgehead atoms. The first-order valence-corrected chi connectivity index (χ1v) is 7.40. The van der Waals surface area contributed by atoms with Gasteiger partial charge in [-0.1, -0.05) is 18.2 Å². The molecule has 0 aromatic heterocycles. The lowest BCUT2D eigenvalue weighted by atomic mass is 9.96. The van der Waals surface area contributed by atoms with Crippen LogP contribution in [0.5, 0.6) is 0 Å². The number of hydrogen-bond donors (Lipinski definition) is 1. The molecule has 1 fully saturated rings. The van der Waals surface area contributed by atoms with Gasteiger partial charge in [-0.3, -0.25) is 4.79 Å². The Morgan fingerprint density at radius 2 is 1.80 bits per heavy atom. The van der Waals surface area contributed by atoms with Crippen LogP contribution in [0, 0.1) is 5.92 Å². The second kappa shape index (κ2) is 7.41. The van der Waals surface area contributed by atoms with Crippen LogP contribution in [-0.2, 0) is 4.79 Å². The second-order valence-electron chi connectivity index (χ2n) is 5.65. The number of nitrogens with one attached hydrogen (secondary N) is 1. The number of anilines is 1. The summed E-state index contributed by atoms with van der Waals surface area (Å²) < 4.78 is 0. The van der Waals surface area contributed by atoms with Gasteiger partial charge < -0.3 is 15.1 Å². The standard InChI is InChI=1S/C16H25N3O/c1-18(2)12-13-19(15-6-4-3-5-7-15)16(20)14-8-10-17-11-9-14/h3-7,14,17H,8-13H2,1-2H3. The van der Waals surface area contributed by atoms with E-state index in [0.717, 1.165) is 44.7 Å². The van der Waals surface area contributed by atoms with Gasteiger partial charge >= 0.3 is 0 Å². The SMILES string of the molecule is CN(C)CCN(C(=O)C1CCNCC1)c1ccccc1. The third-order valence-electron chi connectivity index (χ3n) is 3.79. The number of para-hydroxylation sites is 1. The number of carbonyl (C=O) groups excluding carboxylic acids is 1. The number of amides is 1. The smallest absolute Gasteiger partial charge is 0.230 e. The normalized spacial score (nSPS) is 16.4. The van der Waals surface area contributed by atoms with Crippen molar-refractivity contribution in [3.05, 3.63) is 30.3 Å². The van der Waals surface area contributed by atoms with Crippen LogP contribution in [0.25, 0.3) is 0 Å². The van der Waals surface area contributed by atoms with Gasteiger partial charge in [0.1, 0.15) is 0 Å². The molecular weight excluding hydrogens is 250 g/mol. The second-order valence-corrected chi connectivity index (χ2v) is 5.65. The summed E-state index contributed by atoms with van der Waals surface area (Å²) in [5, 5.41) is 3.32. The number of nitrogens with zero attached hydrogens (tertiary/aromatic N) is 2. The van der Waals surface area contributed by atoms with Crippen molar-refractivity contribution in [2.45, 2.75) is 12.8 Å². The maximum absolute atomic E-state index is 12.8. The molecule has 110 valence electrons. The van der Waals surface area contributed by atoms with Gasteiger partial charge in [0.25, 0.3) is 0 Å². The third kappa shape index (κ3) is 4.05. The van der Waals surface area contributed by atoms with Gasteiger partial charge in [-0.25, -0.2) is 0 Å². The Hall–Kier alpha value is -1.39. The fraction of sp³-hybridized carbons (Fsp3) is 0.562. The Bertz CT molecular complexity index is 413. The van der Waals surface area contributed by atoms with E-state index >= 15 is 0 Å². The average molecular weight is 275 g/mol. The van der Waals surface area contributed by atoms with Crippen molar-refractivity contribution in [1.82, 2.24) is 10.2 Å². The van der Waals surface area contributed by atoms with Crippen molar-refractivity contribution in [2.24, 2.45) is 5.92 Å². The highest BCUT2D eigenvalue weighted by Gasteiger charge is 2.26. The Balaban J connectivity index is 2.10. The maximum Gasteiger partial charge on any atom is 0.230 e. The van der Waals surface area contributed by atoms with Crippen LogP contribution in [0.4, 0.5) is 5.69 Å². The lowest BCUT2D eigenvalue weighted by molar-refractivity contribution is -0.123. The number of likely N-dealkylation sites (N-methyl/N-ethyl adjacent to an activating group) is 1. The highest BCUT2D eigenvalue weighted by Crippen LogP contribution is 2.21. The summed E-state index contributed by atoms with van der Waals surface area (Å²) in [7, 11) is 4.08. The first kappa shape index (κ1) is 15.0. The molecule has 0 radical (unpaired) electrons. The van der Waals surface area contributed by atoms with E-state index in [4.69, 9.17) is 0 Å². The van der Waals surface area contributed by atoms with E-state index in [1.165, 1.54) is 0 Å². The van der Waals surface area contributed by atoms with Gasteiger partial charge in [0.2, 0.25) is 5.91 Å². The first-order valence-electron chi connectivity index (χ1n) is 7.40. The van der Waals surface area contributed by atoms with Crippen molar-refractivity contribution in [2.75, 3.05) is 45.2 Å². The minimum atomic E-state index is 0.165. The van der Waals surface area contributed by atoms with E-state index in [1.807, 2.05) is 49.3 Å². The number of piperidine rings is 1. The van der Waals surface area contributed by atoms with Crippen LogP contribution in [0.3, 0.4) is 0 Å². The first-order chi connectivity index (χ1) is 9.68. The summed E-state index contributed by atoms with van der Waals surface area (Å²) >= 11 is 0. The van der Waals surface area contributed by atoms with Crippen molar-refractivity contribution in [3.8, 4) is 0 Å². The molecule has 1 aromatic rings. The van der Waals surface area contributed by atoms with Crippen molar-refractivity contribution >= 4 is 11.6 Å². The lowest BCUT2D eigenvalue weighted by Crippen LogP contribution is -2.43. The van der Waals surface area contributed by atoms with Gasteiger partial charge in [-0.15, -0.1) is 0 Å². The summed E-state index contributed by atoms with van der Waals surface area (Å²) in [4.78, 5) is 16.9. The third-order valence-corrected chi connectivity index (χ3v) is 3.79. The van der Waals surface area contributed by atoms with Gasteiger partial charge in [-0.2, -0.15) is 0 Å². The maximum atomic E-state index is 12.8. The van der Waals surface area contributed by atoms with Gasteiger partial charge in [-0.05, 0) is 52.2 Å². The molecule has 0 aliphatic carbocycles. The highest BCUT2D eigenvalue weighted by molar-refractivity contribution is 5.95. The molecule has 0 spiro atoms. The summed E-state index contributed by atoms with van der Waals surface area (Å²) in [5.74, 6) is 0.443. The highest BCUT2D eigenvalue weighted by atomic mass is 16.2. The zero-order valence-electron chi connectivity index (χ0n) is 12.5. The Morgan fingerprint density at radius 1 is 1.15 bits per heavy atom. The molecule has 1 aliphatic rings. The molecule has 1 N–H and O–H groups in total. The fourth-order valence-electron chi connectivity index (χ4n) is 2.56. The molecule has 20 heavy (non-hydrogen) atoms. The van der Waals surface area contributed by atoms with Crippen molar-refractivity contribution < 1.29 is 4.79 Å². The number of carbonyl (C=O) groups is 1. The zero-order chi connectivity index (χ0) is 14.4. The molecule has 1 heterocycles. The van der Waals surface area contributed by atoms with Crippen molar-refractivity contribution in [1.29, 1.82) is 0 Å². The predicted molar refractivity (Wildman–Crippen MR) is 82.9 cm³/mol. The minimum absolute atomic E-state index is 0.165. The Morgan fingerprint density at radius 3 is 2.40 bits per heavy atom. The van der Waals surface area contributed by atoms with E-state index in [1.54, 1.807) is 0 Å². The fourth-order valence-corrected chi connectivity index (χ4v) is 2.56. The molecule has 4 heteroatoms. The topological polar surface area (TPSA) is 35.6 Å². The summed E-state index contributed by atoms with van der Waals surface area (Å²) in [6, 6.07) is 10.0. The summed E-state index contributed by atoms with van der Waals surface area (Å²) in [5.41, 5.74) is 1.01. The van der Waals surface area contributed by atoms with E-state index in [9.17, 15) is 4.79 Å². The van der Waals surface area contributed by atoms with Gasteiger partial charge in [0.15, 0.2) is 0 Å². The van der Waals surface area contributed by atoms with E-state index in [0.29, 0.717) is 0 Å². The van der Waals surface area contributed by atoms with Crippen LogP contribution in [0.1, 0.15) is 12.8 Å². The van der Waals surface area contributed by atoms with Crippen molar-refractivity contribution in [3.63, 3.8) is 0 Å². The number of benzene rings is 1. The molecule has 1 aliphatic heterocycles. The van der Waals surface area contributed by atoms with E-state index in [-0.39, 0.29) is 11.8 Å². The van der Waals surface area contributed by atoms with E-state index in [2.05, 4.69) is 10.2 Å². The van der Waals surface area contributed by atoms with Gasteiger partial charge in [0.05, 0.1) is 0 Å². The molecule has 2 rings (SSSR count). The predicted octanol–water partition coefficient (Wildman–Crippen LogP) is 1.58. The van der Waals surface area contributed by atoms with Crippen LogP contribution < -0.4 is 10.2 Å². The Kier molecular flexibility index (Phi) is 5.56. The number of hydrogen-bond acceptors (Lipinski definition) is 3. The molecule has 0 atom stereocenters. The number of rotatable bonds is 5. The van der Waals surface area contributed by atoms with Gasteiger partial charge in [0, 0.05) is 24.7 Å². The quantitative estimate of drug-likeness (QED) is 0.886. The molecule has 1 aromatic carbocycles. The Labute approximate surface area is 121 Å². The van der Waals surface area contributed by atoms with Crippen LogP contribution in [-0.4, -0.2) is 51.1 Å². The van der Waals surface area contributed by atoms with E-state index < -0.39 is 0 Å². The molecule has 0 unspecified atom stereocenters. The molecule has 4 nitrogen and oxygen atoms in total. The van der Waals surface area contributed by atoms with Crippen LogP contribution in [0.2, 0.25) is 0 Å². The molecule has 1 saturated heterocycles.